The summed E-state index contributed by atoms with van der Waals surface area (Å²) < 4.78 is 68.9. The van der Waals surface area contributed by atoms with E-state index in [9.17, 15) is 43.2 Å². The minimum absolute atomic E-state index is 0.107. The molecule has 19 heteroatoms. The maximum absolute atomic E-state index is 13.1. The number of ether oxygens (including phenoxy) is 4. The second-order valence-electron chi connectivity index (χ2n) is 31.6. The lowest BCUT2D eigenvalue weighted by Crippen LogP contribution is -2.30. The molecule has 0 aliphatic rings. The standard InChI is InChI=1S/C84H164O17P2/c1-8-9-10-11-12-13-14-21-30-37-44-51-58-65-81(86)94-72-80(101-84(89)68-61-54-47-40-33-26-29-36-43-50-57-64-77(6)7)74-99-103(92,93)97-70-78(85)69-96-102(90,91)98-73-79(100-83(88)67-60-53-46-39-32-25-20-16-18-23-28-35-42-49-56-63-76(4)5)71-95-82(87)66-59-52-45-38-31-24-19-15-17-22-27-34-41-48-55-62-75(2)3/h75-80,85H,8-74H2,1-7H3,(H,90,91)(H,92,93)/t78-,79-,80-/m1/s1. The lowest BCUT2D eigenvalue weighted by Gasteiger charge is -2.21. The van der Waals surface area contributed by atoms with Crippen LogP contribution in [0.5, 0.6) is 0 Å². The summed E-state index contributed by atoms with van der Waals surface area (Å²) in [6.07, 6.45) is 63.7. The fraction of sp³-hybridized carbons (Fsp3) is 0.952. The van der Waals surface area contributed by atoms with E-state index in [4.69, 9.17) is 37.0 Å². The number of unbranched alkanes of at least 4 members (excludes halogenated alkanes) is 50. The fourth-order valence-corrected chi connectivity index (χ4v) is 14.6. The first kappa shape index (κ1) is 101. The predicted molar refractivity (Wildman–Crippen MR) is 423 cm³/mol. The highest BCUT2D eigenvalue weighted by Crippen LogP contribution is 2.45. The van der Waals surface area contributed by atoms with Gasteiger partial charge in [-0.3, -0.25) is 37.3 Å². The van der Waals surface area contributed by atoms with Gasteiger partial charge >= 0.3 is 39.5 Å². The van der Waals surface area contributed by atoms with Crippen LogP contribution in [0.2, 0.25) is 0 Å². The van der Waals surface area contributed by atoms with E-state index in [0.29, 0.717) is 25.7 Å². The molecule has 0 amide bonds. The molecule has 2 unspecified atom stereocenters. The summed E-state index contributed by atoms with van der Waals surface area (Å²) in [5.74, 6) is 0.270. The Kier molecular flexibility index (Phi) is 72.8. The number of carbonyl (C=O) groups excluding carboxylic acids is 4. The zero-order valence-electron chi connectivity index (χ0n) is 67.8. The van der Waals surface area contributed by atoms with Crippen LogP contribution in [-0.4, -0.2) is 96.7 Å². The van der Waals surface area contributed by atoms with E-state index in [0.717, 1.165) is 108 Å². The number of hydrogen-bond donors (Lipinski definition) is 3. The molecule has 0 saturated carbocycles. The highest BCUT2D eigenvalue weighted by molar-refractivity contribution is 7.47. The van der Waals surface area contributed by atoms with Gasteiger partial charge in [-0.1, -0.05) is 389 Å². The monoisotopic (exact) mass is 1510 g/mol. The van der Waals surface area contributed by atoms with Crippen molar-refractivity contribution in [2.45, 2.75) is 458 Å². The summed E-state index contributed by atoms with van der Waals surface area (Å²) in [5.41, 5.74) is 0. The Morgan fingerprint density at radius 1 is 0.262 bits per heavy atom. The third-order valence-electron chi connectivity index (χ3n) is 19.6. The first-order valence-electron chi connectivity index (χ1n) is 43.3. The van der Waals surface area contributed by atoms with Crippen molar-refractivity contribution in [2.24, 2.45) is 17.8 Å². The largest absolute Gasteiger partial charge is 0.472 e. The lowest BCUT2D eigenvalue weighted by atomic mass is 10.0. The van der Waals surface area contributed by atoms with Gasteiger partial charge in [0, 0.05) is 25.7 Å². The van der Waals surface area contributed by atoms with Gasteiger partial charge in [-0.05, 0) is 43.4 Å². The van der Waals surface area contributed by atoms with Crippen molar-refractivity contribution in [3.8, 4) is 0 Å². The number of esters is 4. The minimum atomic E-state index is -4.96. The SMILES string of the molecule is CCCCCCCCCCCCCCCC(=O)OC[C@H](COP(=O)(O)OC[C@H](O)COP(=O)(O)OC[C@@H](COC(=O)CCCCCCCCCCCCCCCCCC(C)C)OC(=O)CCCCCCCCCCCCCCCCCC(C)C)OC(=O)CCCCCCCCCCCCCC(C)C. The van der Waals surface area contributed by atoms with Crippen LogP contribution in [0, 0.1) is 17.8 Å². The third kappa shape index (κ3) is 78.0. The summed E-state index contributed by atoms with van der Waals surface area (Å²) in [7, 11) is -9.93. The highest BCUT2D eigenvalue weighted by Gasteiger charge is 2.30. The molecule has 612 valence electrons. The number of carbonyl (C=O) groups is 4. The zero-order valence-corrected chi connectivity index (χ0v) is 69.6. The molecule has 0 aliphatic carbocycles. The smallest absolute Gasteiger partial charge is 0.462 e. The van der Waals surface area contributed by atoms with E-state index >= 15 is 0 Å². The Morgan fingerprint density at radius 2 is 0.447 bits per heavy atom. The van der Waals surface area contributed by atoms with Crippen LogP contribution in [0.1, 0.15) is 440 Å². The number of aliphatic hydroxyl groups is 1. The quantitative estimate of drug-likeness (QED) is 0.0222. The van der Waals surface area contributed by atoms with E-state index in [-0.39, 0.29) is 25.7 Å². The number of aliphatic hydroxyl groups excluding tert-OH is 1. The maximum atomic E-state index is 13.1. The summed E-state index contributed by atoms with van der Waals surface area (Å²) in [5, 5.41) is 10.7. The van der Waals surface area contributed by atoms with Gasteiger partial charge in [-0.2, -0.15) is 0 Å². The van der Waals surface area contributed by atoms with E-state index < -0.39 is 97.5 Å². The van der Waals surface area contributed by atoms with Crippen molar-refractivity contribution in [2.75, 3.05) is 39.6 Å². The van der Waals surface area contributed by atoms with Crippen LogP contribution >= 0.6 is 15.6 Å². The molecule has 0 spiro atoms. The molecular formula is C84H164O17P2. The van der Waals surface area contributed by atoms with Crippen LogP contribution in [0.4, 0.5) is 0 Å². The van der Waals surface area contributed by atoms with E-state index in [2.05, 4.69) is 48.5 Å². The van der Waals surface area contributed by atoms with Gasteiger partial charge in [0.1, 0.15) is 19.3 Å². The van der Waals surface area contributed by atoms with Crippen LogP contribution < -0.4 is 0 Å². The van der Waals surface area contributed by atoms with Crippen LogP contribution in [0.3, 0.4) is 0 Å². The Morgan fingerprint density at radius 3 is 0.660 bits per heavy atom. The molecule has 0 rings (SSSR count). The number of phosphoric ester groups is 2. The van der Waals surface area contributed by atoms with Gasteiger partial charge in [0.15, 0.2) is 12.2 Å². The van der Waals surface area contributed by atoms with Crippen molar-refractivity contribution in [1.82, 2.24) is 0 Å². The fourth-order valence-electron chi connectivity index (χ4n) is 13.0. The van der Waals surface area contributed by atoms with Crippen molar-refractivity contribution < 1.29 is 80.2 Å². The van der Waals surface area contributed by atoms with Crippen LogP contribution in [0.15, 0.2) is 0 Å². The molecule has 0 saturated heterocycles. The zero-order chi connectivity index (χ0) is 75.8. The number of hydrogen-bond acceptors (Lipinski definition) is 15. The average molecular weight is 1510 g/mol. The molecule has 0 aromatic carbocycles. The van der Waals surface area contributed by atoms with Gasteiger partial charge in [0.2, 0.25) is 0 Å². The van der Waals surface area contributed by atoms with Crippen LogP contribution in [-0.2, 0) is 65.4 Å². The second kappa shape index (κ2) is 74.2. The molecule has 3 N–H and O–H groups in total. The molecule has 0 aromatic rings. The van der Waals surface area contributed by atoms with E-state index in [1.165, 1.54) is 250 Å². The highest BCUT2D eigenvalue weighted by atomic mass is 31.2. The van der Waals surface area contributed by atoms with Gasteiger partial charge in [-0.15, -0.1) is 0 Å². The van der Waals surface area contributed by atoms with Crippen molar-refractivity contribution in [3.63, 3.8) is 0 Å². The van der Waals surface area contributed by atoms with Crippen molar-refractivity contribution >= 4 is 39.5 Å². The topological polar surface area (TPSA) is 237 Å². The molecule has 103 heavy (non-hydrogen) atoms. The molecule has 17 nitrogen and oxygen atoms in total. The molecule has 5 atom stereocenters. The summed E-state index contributed by atoms with van der Waals surface area (Å²) in [4.78, 5) is 73.2. The molecular weight excluding hydrogens is 1340 g/mol. The molecule has 0 fully saturated rings. The second-order valence-corrected chi connectivity index (χ2v) is 34.6. The first-order valence-corrected chi connectivity index (χ1v) is 46.3. The maximum Gasteiger partial charge on any atom is 0.472 e. The summed E-state index contributed by atoms with van der Waals surface area (Å²) >= 11 is 0. The first-order chi connectivity index (χ1) is 49.7. The minimum Gasteiger partial charge on any atom is -0.462 e. The lowest BCUT2D eigenvalue weighted by molar-refractivity contribution is -0.161. The Balaban J connectivity index is 5.27. The molecule has 0 aliphatic heterocycles. The van der Waals surface area contributed by atoms with E-state index in [1.807, 2.05) is 0 Å². The van der Waals surface area contributed by atoms with Gasteiger partial charge < -0.3 is 33.8 Å². The molecule has 0 bridgehead atoms. The predicted octanol–water partition coefficient (Wildman–Crippen LogP) is 25.3. The normalized spacial score (nSPS) is 13.9. The Hall–Kier alpha value is -1.94. The van der Waals surface area contributed by atoms with Crippen molar-refractivity contribution in [3.05, 3.63) is 0 Å². The molecule has 0 aromatic heterocycles. The van der Waals surface area contributed by atoms with Crippen LogP contribution in [0.25, 0.3) is 0 Å². The summed E-state index contributed by atoms with van der Waals surface area (Å²) in [6, 6.07) is 0. The molecule has 0 heterocycles. The van der Waals surface area contributed by atoms with Gasteiger partial charge in [0.05, 0.1) is 26.4 Å². The third-order valence-corrected chi connectivity index (χ3v) is 21.5. The molecule has 0 radical (unpaired) electrons. The number of phosphoric acid groups is 2. The van der Waals surface area contributed by atoms with Crippen molar-refractivity contribution in [1.29, 1.82) is 0 Å². The average Bonchev–Trinajstić information content (AvgIpc) is 0.907. The number of rotatable bonds is 82. The Bertz CT molecular complexity index is 1990. The summed E-state index contributed by atoms with van der Waals surface area (Å²) in [6.45, 7) is 12.0. The van der Waals surface area contributed by atoms with E-state index in [1.54, 1.807) is 0 Å². The van der Waals surface area contributed by atoms with Gasteiger partial charge in [-0.25, -0.2) is 9.13 Å². The Labute approximate surface area is 632 Å². The van der Waals surface area contributed by atoms with Gasteiger partial charge in [0.25, 0.3) is 0 Å².